The summed E-state index contributed by atoms with van der Waals surface area (Å²) in [6.07, 6.45) is 6.66. The molecule has 1 aliphatic heterocycles. The minimum Gasteiger partial charge on any atom is -0.510 e. The van der Waals surface area contributed by atoms with E-state index in [1.54, 1.807) is 19.1 Å². The largest absolute Gasteiger partial charge is 0.510 e. The smallest absolute Gasteiger partial charge is 0.112 e. The third-order valence-electron chi connectivity index (χ3n) is 4.82. The van der Waals surface area contributed by atoms with Crippen LogP contribution in [-0.2, 0) is 6.54 Å². The molecule has 1 aliphatic rings. The van der Waals surface area contributed by atoms with Gasteiger partial charge in [-0.3, -0.25) is 4.68 Å². The Kier molecular flexibility index (Phi) is 5.00. The molecule has 0 fully saturated rings. The maximum Gasteiger partial charge on any atom is 0.112 e. The van der Waals surface area contributed by atoms with E-state index in [1.165, 1.54) is 5.56 Å². The van der Waals surface area contributed by atoms with E-state index in [1.807, 2.05) is 58.4 Å². The Morgan fingerprint density at radius 2 is 1.86 bits per heavy atom. The van der Waals surface area contributed by atoms with Crippen LogP contribution in [0.4, 0.5) is 5.69 Å². The average Bonchev–Trinajstić information content (AvgIpc) is 3.17. The number of aliphatic hydroxyl groups is 2. The normalized spacial score (nSPS) is 15.1. The van der Waals surface area contributed by atoms with Crippen LogP contribution in [0.1, 0.15) is 12.5 Å². The fourth-order valence-corrected chi connectivity index (χ4v) is 3.41. The summed E-state index contributed by atoms with van der Waals surface area (Å²) in [6, 6.07) is 18.3. The Labute approximate surface area is 164 Å². The van der Waals surface area contributed by atoms with Crippen LogP contribution in [0.25, 0.3) is 11.1 Å². The second-order valence-electron chi connectivity index (χ2n) is 6.97. The number of aromatic nitrogens is 2. The van der Waals surface area contributed by atoms with Gasteiger partial charge in [0, 0.05) is 23.1 Å². The minimum absolute atomic E-state index is 0.269. The van der Waals surface area contributed by atoms with Gasteiger partial charge in [-0.2, -0.15) is 5.10 Å². The van der Waals surface area contributed by atoms with Gasteiger partial charge < -0.3 is 15.1 Å². The summed E-state index contributed by atoms with van der Waals surface area (Å²) in [5, 5.41) is 24.5. The van der Waals surface area contributed by atoms with Gasteiger partial charge in [0.05, 0.1) is 25.4 Å². The van der Waals surface area contributed by atoms with E-state index >= 15 is 0 Å². The molecule has 2 heterocycles. The first kappa shape index (κ1) is 18.1. The lowest BCUT2D eigenvalue weighted by molar-refractivity contribution is 0.226. The second kappa shape index (κ2) is 7.74. The van der Waals surface area contributed by atoms with Crippen LogP contribution in [0, 0.1) is 0 Å². The first-order valence-corrected chi connectivity index (χ1v) is 9.32. The molecule has 2 aromatic carbocycles. The van der Waals surface area contributed by atoms with Crippen molar-refractivity contribution in [3.63, 3.8) is 0 Å². The molecule has 0 bridgehead atoms. The SMILES string of the molecule is CC(O)C1=CC=C(O)CN1c1cccc(-c2cnn(Cc3ccccc3)c2)c1. The lowest BCUT2D eigenvalue weighted by Gasteiger charge is -2.31. The topological polar surface area (TPSA) is 61.5 Å². The van der Waals surface area contributed by atoms with E-state index in [4.69, 9.17) is 0 Å². The van der Waals surface area contributed by atoms with Gasteiger partial charge >= 0.3 is 0 Å². The number of hydrogen-bond donors (Lipinski definition) is 2. The van der Waals surface area contributed by atoms with Gasteiger partial charge in [-0.05, 0) is 42.3 Å². The van der Waals surface area contributed by atoms with Crippen LogP contribution in [-0.4, -0.2) is 32.6 Å². The highest BCUT2D eigenvalue weighted by atomic mass is 16.3. The zero-order chi connectivity index (χ0) is 19.5. The van der Waals surface area contributed by atoms with Crippen molar-refractivity contribution >= 4 is 5.69 Å². The number of benzene rings is 2. The van der Waals surface area contributed by atoms with Crippen LogP contribution < -0.4 is 4.90 Å². The van der Waals surface area contributed by atoms with Crippen molar-refractivity contribution in [2.24, 2.45) is 0 Å². The van der Waals surface area contributed by atoms with Gasteiger partial charge in [0.2, 0.25) is 0 Å². The minimum atomic E-state index is -0.623. The molecule has 1 unspecified atom stereocenters. The predicted molar refractivity (Wildman–Crippen MR) is 111 cm³/mol. The van der Waals surface area contributed by atoms with E-state index < -0.39 is 6.10 Å². The Morgan fingerprint density at radius 3 is 2.64 bits per heavy atom. The molecule has 5 heteroatoms. The molecule has 3 aromatic rings. The molecule has 4 rings (SSSR count). The van der Waals surface area contributed by atoms with Crippen molar-refractivity contribution in [2.75, 3.05) is 11.4 Å². The Hall–Kier alpha value is -3.31. The van der Waals surface area contributed by atoms with E-state index in [0.29, 0.717) is 6.54 Å². The van der Waals surface area contributed by atoms with E-state index in [2.05, 4.69) is 23.3 Å². The number of rotatable bonds is 5. The molecular weight excluding hydrogens is 350 g/mol. The Balaban J connectivity index is 1.59. The van der Waals surface area contributed by atoms with Crippen LogP contribution in [0.2, 0.25) is 0 Å². The number of aliphatic hydroxyl groups excluding tert-OH is 2. The van der Waals surface area contributed by atoms with Gasteiger partial charge in [0.15, 0.2) is 0 Å². The highest BCUT2D eigenvalue weighted by Gasteiger charge is 2.20. The lowest BCUT2D eigenvalue weighted by atomic mass is 10.1. The molecule has 0 saturated heterocycles. The number of nitrogens with zero attached hydrogens (tertiary/aromatic N) is 3. The summed E-state index contributed by atoms with van der Waals surface area (Å²) >= 11 is 0. The zero-order valence-corrected chi connectivity index (χ0v) is 15.7. The molecule has 0 spiro atoms. The molecule has 2 N–H and O–H groups in total. The summed E-state index contributed by atoms with van der Waals surface area (Å²) in [7, 11) is 0. The van der Waals surface area contributed by atoms with E-state index in [0.717, 1.165) is 29.1 Å². The monoisotopic (exact) mass is 373 g/mol. The molecule has 0 aliphatic carbocycles. The summed E-state index contributed by atoms with van der Waals surface area (Å²) in [5.74, 6) is 0.269. The second-order valence-corrected chi connectivity index (χ2v) is 6.97. The molecule has 0 amide bonds. The standard InChI is InChI=1S/C23H23N3O2/c1-17(27)23-11-10-22(28)16-26(23)21-9-5-8-19(12-21)20-13-24-25(15-20)14-18-6-3-2-4-7-18/h2-13,15,17,27-28H,14,16H2,1H3. The quantitative estimate of drug-likeness (QED) is 0.706. The summed E-state index contributed by atoms with van der Waals surface area (Å²) in [5.41, 5.74) is 4.94. The fraction of sp³-hybridized carbons (Fsp3) is 0.174. The molecule has 142 valence electrons. The summed E-state index contributed by atoms with van der Waals surface area (Å²) < 4.78 is 1.92. The Morgan fingerprint density at radius 1 is 1.04 bits per heavy atom. The van der Waals surface area contributed by atoms with Crippen molar-refractivity contribution in [2.45, 2.75) is 19.6 Å². The van der Waals surface area contributed by atoms with Crippen molar-refractivity contribution in [1.82, 2.24) is 9.78 Å². The first-order chi connectivity index (χ1) is 13.6. The van der Waals surface area contributed by atoms with Crippen LogP contribution in [0.5, 0.6) is 0 Å². The van der Waals surface area contributed by atoms with Crippen molar-refractivity contribution < 1.29 is 10.2 Å². The van der Waals surface area contributed by atoms with Gasteiger partial charge in [0.25, 0.3) is 0 Å². The number of anilines is 1. The molecule has 28 heavy (non-hydrogen) atoms. The number of allylic oxidation sites excluding steroid dienone is 2. The molecule has 0 radical (unpaired) electrons. The average molecular weight is 373 g/mol. The molecular formula is C23H23N3O2. The highest BCUT2D eigenvalue weighted by molar-refractivity contribution is 5.69. The zero-order valence-electron chi connectivity index (χ0n) is 15.7. The van der Waals surface area contributed by atoms with Crippen LogP contribution in [0.3, 0.4) is 0 Å². The van der Waals surface area contributed by atoms with E-state index in [-0.39, 0.29) is 5.76 Å². The van der Waals surface area contributed by atoms with Gasteiger partial charge in [-0.15, -0.1) is 0 Å². The lowest BCUT2D eigenvalue weighted by Crippen LogP contribution is -2.32. The molecule has 1 aromatic heterocycles. The van der Waals surface area contributed by atoms with Crippen LogP contribution >= 0.6 is 0 Å². The Bertz CT molecular complexity index is 1020. The summed E-state index contributed by atoms with van der Waals surface area (Å²) in [6.45, 7) is 2.79. The highest BCUT2D eigenvalue weighted by Crippen LogP contribution is 2.29. The first-order valence-electron chi connectivity index (χ1n) is 9.32. The van der Waals surface area contributed by atoms with Gasteiger partial charge in [-0.25, -0.2) is 0 Å². The molecule has 1 atom stereocenters. The maximum atomic E-state index is 10.1. The number of hydrogen-bond acceptors (Lipinski definition) is 4. The predicted octanol–water partition coefficient (Wildman–Crippen LogP) is 4.13. The van der Waals surface area contributed by atoms with Crippen molar-refractivity contribution in [3.05, 3.63) is 96.2 Å². The molecule has 0 saturated carbocycles. The maximum absolute atomic E-state index is 10.1. The van der Waals surface area contributed by atoms with Crippen molar-refractivity contribution in [3.8, 4) is 11.1 Å². The van der Waals surface area contributed by atoms with Gasteiger partial charge in [-0.1, -0.05) is 42.5 Å². The fourth-order valence-electron chi connectivity index (χ4n) is 3.41. The van der Waals surface area contributed by atoms with Crippen LogP contribution in [0.15, 0.2) is 90.6 Å². The summed E-state index contributed by atoms with van der Waals surface area (Å²) in [4.78, 5) is 1.93. The van der Waals surface area contributed by atoms with E-state index in [9.17, 15) is 10.2 Å². The third-order valence-corrected chi connectivity index (χ3v) is 4.82. The molecule has 5 nitrogen and oxygen atoms in total. The third kappa shape index (κ3) is 3.85. The van der Waals surface area contributed by atoms with Gasteiger partial charge in [0.1, 0.15) is 5.76 Å². The van der Waals surface area contributed by atoms with Crippen molar-refractivity contribution in [1.29, 1.82) is 0 Å².